The third-order valence-electron chi connectivity index (χ3n) is 3.15. The number of amides is 1. The predicted octanol–water partition coefficient (Wildman–Crippen LogP) is 2.22. The zero-order chi connectivity index (χ0) is 15.2. The number of fused-ring (bicyclic) bond motifs is 1. The van der Waals surface area contributed by atoms with E-state index in [9.17, 15) is 14.0 Å². The Hall–Kier alpha value is -2.37. The molecule has 2 rings (SSSR count). The maximum absolute atomic E-state index is 13.1. The fourth-order valence-electron chi connectivity index (χ4n) is 2.12. The Labute approximate surface area is 121 Å². The van der Waals surface area contributed by atoms with Gasteiger partial charge in [0.2, 0.25) is 5.91 Å². The highest BCUT2D eigenvalue weighted by Crippen LogP contribution is 2.16. The third kappa shape index (κ3) is 4.59. The van der Waals surface area contributed by atoms with Crippen molar-refractivity contribution < 1.29 is 19.1 Å². The second-order valence-corrected chi connectivity index (χ2v) is 4.87. The number of carbonyl (C=O) groups excluding carboxylic acids is 1. The lowest BCUT2D eigenvalue weighted by atomic mass is 10.2. The van der Waals surface area contributed by atoms with Gasteiger partial charge in [-0.1, -0.05) is 0 Å². The zero-order valence-corrected chi connectivity index (χ0v) is 11.5. The molecule has 0 aliphatic rings. The first kappa shape index (κ1) is 15.0. The van der Waals surface area contributed by atoms with E-state index >= 15 is 0 Å². The van der Waals surface area contributed by atoms with Crippen LogP contribution in [0.15, 0.2) is 24.3 Å². The van der Waals surface area contributed by atoms with Gasteiger partial charge in [-0.05, 0) is 30.7 Å². The van der Waals surface area contributed by atoms with Gasteiger partial charge in [0.15, 0.2) is 0 Å². The normalized spacial score (nSPS) is 10.7. The molecule has 0 aliphatic heterocycles. The van der Waals surface area contributed by atoms with E-state index in [2.05, 4.69) is 10.3 Å². The number of hydrogen-bond donors (Lipinski definition) is 3. The van der Waals surface area contributed by atoms with Crippen LogP contribution in [-0.2, 0) is 16.0 Å². The molecular weight excluding hydrogens is 275 g/mol. The maximum atomic E-state index is 13.1. The molecule has 0 saturated carbocycles. The van der Waals surface area contributed by atoms with Gasteiger partial charge in [-0.2, -0.15) is 0 Å². The number of halogens is 1. The molecule has 1 aromatic carbocycles. The number of aromatic nitrogens is 1. The van der Waals surface area contributed by atoms with Gasteiger partial charge in [-0.15, -0.1) is 0 Å². The number of benzene rings is 1. The van der Waals surface area contributed by atoms with Crippen LogP contribution in [0.1, 0.15) is 25.0 Å². The molecule has 1 amide bonds. The summed E-state index contributed by atoms with van der Waals surface area (Å²) in [6, 6.07) is 6.39. The highest BCUT2D eigenvalue weighted by Gasteiger charge is 2.05. The number of rotatable bonds is 7. The monoisotopic (exact) mass is 292 g/mol. The molecular formula is C15H17FN2O3. The van der Waals surface area contributed by atoms with E-state index in [1.807, 2.05) is 6.07 Å². The summed E-state index contributed by atoms with van der Waals surface area (Å²) in [5.74, 6) is -1.33. The molecule has 1 heterocycles. The minimum atomic E-state index is -0.895. The molecule has 6 heteroatoms. The highest BCUT2D eigenvalue weighted by molar-refractivity contribution is 5.80. The molecule has 0 unspecified atom stereocenters. The van der Waals surface area contributed by atoms with E-state index < -0.39 is 5.97 Å². The molecule has 0 bridgehead atoms. The van der Waals surface area contributed by atoms with Crippen LogP contribution in [0.25, 0.3) is 10.9 Å². The van der Waals surface area contributed by atoms with Gasteiger partial charge in [0.05, 0.1) is 0 Å². The Morgan fingerprint density at radius 1 is 1.24 bits per heavy atom. The fraction of sp³-hybridized carbons (Fsp3) is 0.333. The largest absolute Gasteiger partial charge is 0.481 e. The van der Waals surface area contributed by atoms with Crippen LogP contribution < -0.4 is 5.32 Å². The van der Waals surface area contributed by atoms with E-state index in [-0.39, 0.29) is 24.6 Å². The lowest BCUT2D eigenvalue weighted by Gasteiger charge is -2.03. The van der Waals surface area contributed by atoms with E-state index in [1.54, 1.807) is 6.07 Å². The molecule has 2 aromatic rings. The van der Waals surface area contributed by atoms with Gasteiger partial charge in [-0.25, -0.2) is 4.39 Å². The maximum Gasteiger partial charge on any atom is 0.303 e. The highest BCUT2D eigenvalue weighted by atomic mass is 19.1. The molecule has 0 fully saturated rings. The Bertz CT molecular complexity index is 651. The van der Waals surface area contributed by atoms with Crippen LogP contribution in [0.5, 0.6) is 0 Å². The first-order valence-electron chi connectivity index (χ1n) is 6.80. The minimum Gasteiger partial charge on any atom is -0.481 e. The smallest absolute Gasteiger partial charge is 0.303 e. The van der Waals surface area contributed by atoms with Crippen molar-refractivity contribution in [1.82, 2.24) is 10.3 Å². The van der Waals surface area contributed by atoms with Crippen LogP contribution >= 0.6 is 0 Å². The van der Waals surface area contributed by atoms with Crippen LogP contribution in [0, 0.1) is 5.82 Å². The summed E-state index contributed by atoms with van der Waals surface area (Å²) in [5.41, 5.74) is 1.78. The summed E-state index contributed by atoms with van der Waals surface area (Å²) in [5, 5.41) is 12.0. The van der Waals surface area contributed by atoms with Crippen molar-refractivity contribution in [2.24, 2.45) is 0 Å². The van der Waals surface area contributed by atoms with E-state index in [1.165, 1.54) is 12.1 Å². The van der Waals surface area contributed by atoms with E-state index in [0.717, 1.165) is 16.6 Å². The molecule has 3 N–H and O–H groups in total. The van der Waals surface area contributed by atoms with Crippen molar-refractivity contribution in [2.45, 2.75) is 25.7 Å². The lowest BCUT2D eigenvalue weighted by Crippen LogP contribution is -2.25. The summed E-state index contributed by atoms with van der Waals surface area (Å²) in [7, 11) is 0. The van der Waals surface area contributed by atoms with Gasteiger partial charge < -0.3 is 15.4 Å². The number of aromatic amines is 1. The summed E-state index contributed by atoms with van der Waals surface area (Å²) in [4.78, 5) is 25.0. The molecule has 5 nitrogen and oxygen atoms in total. The van der Waals surface area contributed by atoms with Crippen LogP contribution in [0.4, 0.5) is 4.39 Å². The number of carboxylic acids is 1. The van der Waals surface area contributed by atoms with Crippen molar-refractivity contribution in [3.8, 4) is 0 Å². The Morgan fingerprint density at radius 3 is 2.81 bits per heavy atom. The second-order valence-electron chi connectivity index (χ2n) is 4.87. The SMILES string of the molecule is O=C(O)CCCC(=O)NCCc1cc2cc(F)ccc2[nH]1. The Balaban J connectivity index is 1.77. The van der Waals surface area contributed by atoms with Crippen molar-refractivity contribution >= 4 is 22.8 Å². The molecule has 0 spiro atoms. The quantitative estimate of drug-likeness (QED) is 0.732. The van der Waals surface area contributed by atoms with E-state index in [0.29, 0.717) is 19.4 Å². The first-order valence-corrected chi connectivity index (χ1v) is 6.80. The summed E-state index contributed by atoms with van der Waals surface area (Å²) in [6.45, 7) is 0.460. The number of carboxylic acid groups (broad SMARTS) is 1. The molecule has 0 atom stereocenters. The van der Waals surface area contributed by atoms with Crippen LogP contribution in [0.2, 0.25) is 0 Å². The lowest BCUT2D eigenvalue weighted by molar-refractivity contribution is -0.137. The average Bonchev–Trinajstić information content (AvgIpc) is 2.80. The average molecular weight is 292 g/mol. The number of H-pyrrole nitrogens is 1. The Morgan fingerprint density at radius 2 is 2.05 bits per heavy atom. The minimum absolute atomic E-state index is 0.000994. The van der Waals surface area contributed by atoms with Gasteiger partial charge in [-0.3, -0.25) is 9.59 Å². The van der Waals surface area contributed by atoms with Crippen LogP contribution in [-0.4, -0.2) is 28.5 Å². The van der Waals surface area contributed by atoms with Crippen molar-refractivity contribution in [3.05, 3.63) is 35.8 Å². The molecule has 0 saturated heterocycles. The molecule has 0 radical (unpaired) electrons. The van der Waals surface area contributed by atoms with Gasteiger partial charge in [0.1, 0.15) is 5.82 Å². The standard InChI is InChI=1S/C15H17FN2O3/c16-11-4-5-13-10(8-11)9-12(18-13)6-7-17-14(19)2-1-3-15(20)21/h4-5,8-9,18H,1-3,6-7H2,(H,17,19)(H,20,21). The molecule has 112 valence electrons. The third-order valence-corrected chi connectivity index (χ3v) is 3.15. The number of hydrogen-bond acceptors (Lipinski definition) is 2. The second kappa shape index (κ2) is 6.88. The predicted molar refractivity (Wildman–Crippen MR) is 76.5 cm³/mol. The van der Waals surface area contributed by atoms with Gasteiger partial charge in [0, 0.05) is 42.4 Å². The summed E-state index contributed by atoms with van der Waals surface area (Å²) >= 11 is 0. The van der Waals surface area contributed by atoms with Crippen molar-refractivity contribution in [1.29, 1.82) is 0 Å². The number of nitrogens with one attached hydrogen (secondary N) is 2. The van der Waals surface area contributed by atoms with Gasteiger partial charge in [0.25, 0.3) is 0 Å². The molecule has 21 heavy (non-hydrogen) atoms. The zero-order valence-electron chi connectivity index (χ0n) is 11.5. The number of carbonyl (C=O) groups is 2. The first-order chi connectivity index (χ1) is 10.0. The van der Waals surface area contributed by atoms with Crippen molar-refractivity contribution in [3.63, 3.8) is 0 Å². The molecule has 0 aliphatic carbocycles. The number of aliphatic carboxylic acids is 1. The fourth-order valence-corrected chi connectivity index (χ4v) is 2.12. The Kier molecular flexibility index (Phi) is 4.92. The van der Waals surface area contributed by atoms with Crippen molar-refractivity contribution in [2.75, 3.05) is 6.54 Å². The molecule has 1 aromatic heterocycles. The summed E-state index contributed by atoms with van der Waals surface area (Å²) in [6.07, 6.45) is 1.17. The summed E-state index contributed by atoms with van der Waals surface area (Å²) < 4.78 is 13.1. The van der Waals surface area contributed by atoms with E-state index in [4.69, 9.17) is 5.11 Å². The van der Waals surface area contributed by atoms with Gasteiger partial charge >= 0.3 is 5.97 Å². The van der Waals surface area contributed by atoms with Crippen LogP contribution in [0.3, 0.4) is 0 Å². The topological polar surface area (TPSA) is 82.2 Å².